The molecule has 0 fully saturated rings. The second-order valence-corrected chi connectivity index (χ2v) is 8.47. The van der Waals surface area contributed by atoms with E-state index in [-0.39, 0.29) is 6.42 Å². The molecular weight excluding hydrogens is 416 g/mol. The van der Waals surface area contributed by atoms with Gasteiger partial charge in [0, 0.05) is 43.2 Å². The molecule has 2 N–H and O–H groups in total. The second kappa shape index (κ2) is 11.1. The number of carbonyl (C=O) groups excluding carboxylic acids is 1. The van der Waals surface area contributed by atoms with Gasteiger partial charge in [-0.3, -0.25) is 18.9 Å². The SMILES string of the molecule is Cn1ncc2ccc(-c3ccc(CN(CCCCCCC(=O)NO)S(=O)[O-])cc3)cc21. The van der Waals surface area contributed by atoms with Crippen LogP contribution in [0.4, 0.5) is 0 Å². The number of amides is 1. The maximum Gasteiger partial charge on any atom is 0.243 e. The Bertz CT molecular complexity index is 1040. The van der Waals surface area contributed by atoms with Crippen molar-refractivity contribution in [2.24, 2.45) is 7.05 Å². The Balaban J connectivity index is 1.54. The summed E-state index contributed by atoms with van der Waals surface area (Å²) >= 11 is -2.30. The number of nitrogens with zero attached hydrogens (tertiary/aromatic N) is 3. The number of aromatic nitrogens is 2. The van der Waals surface area contributed by atoms with Gasteiger partial charge < -0.3 is 4.55 Å². The molecule has 1 unspecified atom stereocenters. The minimum Gasteiger partial charge on any atom is -0.760 e. The van der Waals surface area contributed by atoms with Crippen molar-refractivity contribution in [3.05, 3.63) is 54.2 Å². The fraction of sp³-hybridized carbons (Fsp3) is 0.364. The van der Waals surface area contributed by atoms with Gasteiger partial charge >= 0.3 is 0 Å². The summed E-state index contributed by atoms with van der Waals surface area (Å²) in [5.74, 6) is -0.397. The first-order valence-electron chi connectivity index (χ1n) is 10.3. The van der Waals surface area contributed by atoms with Gasteiger partial charge in [0.2, 0.25) is 5.91 Å². The summed E-state index contributed by atoms with van der Waals surface area (Å²) in [5, 5.41) is 13.8. The average Bonchev–Trinajstić information content (AvgIpc) is 3.15. The zero-order valence-electron chi connectivity index (χ0n) is 17.5. The van der Waals surface area contributed by atoms with E-state index in [0.29, 0.717) is 19.5 Å². The summed E-state index contributed by atoms with van der Waals surface area (Å²) in [4.78, 5) is 11.0. The molecule has 2 aromatic carbocycles. The van der Waals surface area contributed by atoms with Gasteiger partial charge in [0.05, 0.1) is 11.7 Å². The van der Waals surface area contributed by atoms with Crippen LogP contribution in [0.5, 0.6) is 0 Å². The molecule has 1 aromatic heterocycles. The number of nitrogens with one attached hydrogen (secondary N) is 1. The number of hydroxylamine groups is 1. The number of hydrogen-bond acceptors (Lipinski definition) is 5. The lowest BCUT2D eigenvalue weighted by Gasteiger charge is -2.24. The van der Waals surface area contributed by atoms with Crippen molar-refractivity contribution in [3.8, 4) is 11.1 Å². The van der Waals surface area contributed by atoms with E-state index in [1.807, 2.05) is 48.3 Å². The standard InChI is InChI=1S/C22H28N4O4S/c1-25-21-14-19(11-12-20(21)15-23-25)18-9-7-17(8-10-18)16-26(31(29)30)13-5-3-2-4-6-22(27)24-28/h7-12,14-15,28H,2-6,13,16H2,1H3,(H,24,27)(H,29,30)/p-1. The topological polar surface area (TPSA) is 111 Å². The van der Waals surface area contributed by atoms with Crippen LogP contribution >= 0.6 is 0 Å². The largest absolute Gasteiger partial charge is 0.760 e. The molecule has 1 amide bonds. The summed E-state index contributed by atoms with van der Waals surface area (Å²) in [6, 6.07) is 14.1. The van der Waals surface area contributed by atoms with Crippen molar-refractivity contribution in [3.63, 3.8) is 0 Å². The van der Waals surface area contributed by atoms with Gasteiger partial charge in [-0.05, 0) is 35.6 Å². The van der Waals surface area contributed by atoms with E-state index in [9.17, 15) is 13.6 Å². The smallest absolute Gasteiger partial charge is 0.243 e. The van der Waals surface area contributed by atoms with Gasteiger partial charge in [-0.15, -0.1) is 0 Å². The van der Waals surface area contributed by atoms with Crippen LogP contribution in [-0.4, -0.2) is 40.5 Å². The van der Waals surface area contributed by atoms with Gasteiger partial charge in [-0.2, -0.15) is 5.10 Å². The van der Waals surface area contributed by atoms with Crippen LogP contribution in [0.15, 0.2) is 48.7 Å². The van der Waals surface area contributed by atoms with Crippen LogP contribution in [0.25, 0.3) is 22.0 Å². The molecule has 3 rings (SSSR count). The fourth-order valence-electron chi connectivity index (χ4n) is 3.52. The molecule has 1 atom stereocenters. The van der Waals surface area contributed by atoms with E-state index < -0.39 is 17.2 Å². The van der Waals surface area contributed by atoms with Crippen molar-refractivity contribution >= 4 is 28.1 Å². The molecule has 0 saturated heterocycles. The summed E-state index contributed by atoms with van der Waals surface area (Å²) in [7, 11) is 1.92. The molecule has 0 aliphatic carbocycles. The average molecular weight is 444 g/mol. The van der Waals surface area contributed by atoms with Crippen molar-refractivity contribution in [1.82, 2.24) is 19.6 Å². The number of benzene rings is 2. The molecule has 0 spiro atoms. The molecular formula is C22H27N4O4S-. The Labute approximate surface area is 184 Å². The first-order chi connectivity index (χ1) is 15.0. The number of aryl methyl sites for hydroxylation is 1. The minimum atomic E-state index is -2.30. The van der Waals surface area contributed by atoms with Crippen LogP contribution in [0.3, 0.4) is 0 Å². The van der Waals surface area contributed by atoms with E-state index in [2.05, 4.69) is 17.2 Å². The van der Waals surface area contributed by atoms with Crippen LogP contribution in [0.1, 0.15) is 37.7 Å². The first-order valence-corrected chi connectivity index (χ1v) is 11.3. The minimum absolute atomic E-state index is 0.271. The highest BCUT2D eigenvalue weighted by atomic mass is 32.2. The van der Waals surface area contributed by atoms with Crippen molar-refractivity contribution in [2.75, 3.05) is 6.54 Å². The molecule has 0 aliphatic rings. The molecule has 9 heteroatoms. The van der Waals surface area contributed by atoms with E-state index in [1.54, 1.807) is 5.48 Å². The molecule has 0 bridgehead atoms. The third-order valence-electron chi connectivity index (χ3n) is 5.29. The normalized spacial score (nSPS) is 12.4. The predicted molar refractivity (Wildman–Crippen MR) is 118 cm³/mol. The zero-order chi connectivity index (χ0) is 22.2. The maximum atomic E-state index is 11.6. The van der Waals surface area contributed by atoms with Crippen molar-refractivity contribution in [2.45, 2.75) is 38.6 Å². The van der Waals surface area contributed by atoms with Crippen molar-refractivity contribution < 1.29 is 18.8 Å². The molecule has 8 nitrogen and oxygen atoms in total. The summed E-state index contributed by atoms with van der Waals surface area (Å²) in [6.07, 6.45) is 5.13. The lowest BCUT2D eigenvalue weighted by atomic mass is 10.0. The Morgan fingerprint density at radius 3 is 2.55 bits per heavy atom. The molecule has 0 saturated carbocycles. The van der Waals surface area contributed by atoms with E-state index in [4.69, 9.17) is 5.21 Å². The molecule has 31 heavy (non-hydrogen) atoms. The van der Waals surface area contributed by atoms with Gasteiger partial charge in [0.25, 0.3) is 0 Å². The Kier molecular flexibility index (Phi) is 8.30. The fourth-order valence-corrected chi connectivity index (χ4v) is 4.05. The van der Waals surface area contributed by atoms with E-state index in [0.717, 1.165) is 46.9 Å². The summed E-state index contributed by atoms with van der Waals surface area (Å²) in [6.45, 7) is 0.755. The summed E-state index contributed by atoms with van der Waals surface area (Å²) < 4.78 is 26.5. The predicted octanol–water partition coefficient (Wildman–Crippen LogP) is 3.29. The van der Waals surface area contributed by atoms with E-state index >= 15 is 0 Å². The Hall–Kier alpha value is -2.59. The molecule has 0 radical (unpaired) electrons. The maximum absolute atomic E-state index is 11.6. The highest BCUT2D eigenvalue weighted by Gasteiger charge is 2.08. The monoisotopic (exact) mass is 443 g/mol. The van der Waals surface area contributed by atoms with Crippen LogP contribution in [-0.2, 0) is 29.7 Å². The highest BCUT2D eigenvalue weighted by molar-refractivity contribution is 7.76. The molecule has 3 aromatic rings. The number of unbranched alkanes of at least 4 members (excludes halogenated alkanes) is 3. The number of fused-ring (bicyclic) bond motifs is 1. The van der Waals surface area contributed by atoms with Crippen LogP contribution in [0.2, 0.25) is 0 Å². The summed E-state index contributed by atoms with van der Waals surface area (Å²) in [5.41, 5.74) is 5.74. The second-order valence-electron chi connectivity index (χ2n) is 7.52. The van der Waals surface area contributed by atoms with Gasteiger partial charge in [0.1, 0.15) is 0 Å². The molecule has 1 heterocycles. The zero-order valence-corrected chi connectivity index (χ0v) is 18.3. The third kappa shape index (κ3) is 6.44. The van der Waals surface area contributed by atoms with Crippen molar-refractivity contribution in [1.29, 1.82) is 0 Å². The number of hydrogen-bond donors (Lipinski definition) is 2. The van der Waals surface area contributed by atoms with Crippen LogP contribution < -0.4 is 5.48 Å². The third-order valence-corrected chi connectivity index (χ3v) is 6.03. The van der Waals surface area contributed by atoms with Crippen LogP contribution in [0, 0.1) is 0 Å². The number of carbonyl (C=O) groups is 1. The van der Waals surface area contributed by atoms with Gasteiger partial charge in [-0.1, -0.05) is 49.2 Å². The molecule has 0 aliphatic heterocycles. The molecule has 166 valence electrons. The number of rotatable bonds is 11. The Morgan fingerprint density at radius 1 is 1.13 bits per heavy atom. The highest BCUT2D eigenvalue weighted by Crippen LogP contribution is 2.25. The lowest BCUT2D eigenvalue weighted by Crippen LogP contribution is -2.26. The van der Waals surface area contributed by atoms with Gasteiger partial charge in [0.15, 0.2) is 0 Å². The quantitative estimate of drug-likeness (QED) is 0.204. The first kappa shape index (κ1) is 23.1. The van der Waals surface area contributed by atoms with E-state index in [1.165, 1.54) is 4.31 Å². The van der Waals surface area contributed by atoms with Gasteiger partial charge in [-0.25, -0.2) is 9.79 Å². The lowest BCUT2D eigenvalue weighted by molar-refractivity contribution is -0.129. The Morgan fingerprint density at radius 2 is 1.84 bits per heavy atom.